The molecule has 0 bridgehead atoms. The number of aromatic nitrogens is 1. The van der Waals surface area contributed by atoms with Crippen molar-refractivity contribution in [3.63, 3.8) is 0 Å². The Kier molecular flexibility index (Phi) is 5.15. The first kappa shape index (κ1) is 20.5. The number of likely N-dealkylation sites (N-methyl/N-ethyl adjacent to an activating group) is 1. The number of benzene rings is 1. The number of anilines is 2. The van der Waals surface area contributed by atoms with Crippen molar-refractivity contribution >= 4 is 28.2 Å². The minimum absolute atomic E-state index is 0.00415. The SMILES string of the molecule is CN(C)CC1CN(c2c(F)c(N)c3c(=O)c(C(=O)O)cn(C4CC4)c3c2F)CCN1. The summed E-state index contributed by atoms with van der Waals surface area (Å²) >= 11 is 0. The Hall–Kier alpha value is -2.72. The second kappa shape index (κ2) is 7.51. The summed E-state index contributed by atoms with van der Waals surface area (Å²) in [7, 11) is 3.84. The Bertz CT molecular complexity index is 1080. The van der Waals surface area contributed by atoms with Crippen LogP contribution in [0.3, 0.4) is 0 Å². The van der Waals surface area contributed by atoms with Crippen molar-refractivity contribution in [3.05, 3.63) is 33.6 Å². The zero-order valence-corrected chi connectivity index (χ0v) is 16.9. The van der Waals surface area contributed by atoms with Crippen LogP contribution in [0.4, 0.5) is 20.2 Å². The van der Waals surface area contributed by atoms with Crippen molar-refractivity contribution in [3.8, 4) is 0 Å². The van der Waals surface area contributed by atoms with Crippen LogP contribution >= 0.6 is 0 Å². The van der Waals surface area contributed by atoms with Gasteiger partial charge in [0.2, 0.25) is 5.43 Å². The highest BCUT2D eigenvalue weighted by Gasteiger charge is 2.34. The maximum atomic E-state index is 15.8. The Balaban J connectivity index is 1.93. The number of rotatable bonds is 5. The molecule has 162 valence electrons. The lowest BCUT2D eigenvalue weighted by atomic mass is 10.0. The van der Waals surface area contributed by atoms with E-state index in [1.807, 2.05) is 19.0 Å². The lowest BCUT2D eigenvalue weighted by Gasteiger charge is -2.37. The number of carbonyl (C=O) groups is 1. The molecule has 1 unspecified atom stereocenters. The molecular weight excluding hydrogens is 396 g/mol. The molecule has 30 heavy (non-hydrogen) atoms. The summed E-state index contributed by atoms with van der Waals surface area (Å²) in [6.07, 6.45) is 2.60. The molecule has 1 aromatic carbocycles. The van der Waals surface area contributed by atoms with Crippen LogP contribution in [-0.4, -0.2) is 66.9 Å². The maximum absolute atomic E-state index is 15.8. The minimum Gasteiger partial charge on any atom is -0.477 e. The molecule has 1 aliphatic carbocycles. The van der Waals surface area contributed by atoms with Crippen LogP contribution < -0.4 is 21.4 Å². The van der Waals surface area contributed by atoms with Crippen LogP contribution in [0.2, 0.25) is 0 Å². The van der Waals surface area contributed by atoms with Crippen LogP contribution in [0.25, 0.3) is 10.9 Å². The smallest absolute Gasteiger partial charge is 0.341 e. The zero-order valence-electron chi connectivity index (χ0n) is 16.9. The van der Waals surface area contributed by atoms with Crippen molar-refractivity contribution in [2.45, 2.75) is 24.9 Å². The molecule has 1 aliphatic heterocycles. The molecule has 10 heteroatoms. The van der Waals surface area contributed by atoms with E-state index < -0.39 is 39.7 Å². The Labute approximate surface area is 171 Å². The Morgan fingerprint density at radius 2 is 2.03 bits per heavy atom. The summed E-state index contributed by atoms with van der Waals surface area (Å²) in [5.74, 6) is -3.34. The van der Waals surface area contributed by atoms with E-state index in [9.17, 15) is 14.7 Å². The van der Waals surface area contributed by atoms with E-state index >= 15 is 8.78 Å². The highest BCUT2D eigenvalue weighted by molar-refractivity contribution is 5.99. The molecule has 4 rings (SSSR count). The molecule has 2 heterocycles. The molecule has 1 saturated carbocycles. The van der Waals surface area contributed by atoms with Gasteiger partial charge in [-0.1, -0.05) is 0 Å². The number of nitrogens with two attached hydrogens (primary N) is 1. The van der Waals surface area contributed by atoms with Crippen LogP contribution in [0.15, 0.2) is 11.0 Å². The normalized spacial score (nSPS) is 19.6. The highest BCUT2D eigenvalue weighted by atomic mass is 19.1. The number of pyridine rings is 1. The fourth-order valence-corrected chi connectivity index (χ4v) is 4.21. The van der Waals surface area contributed by atoms with E-state index in [0.29, 0.717) is 26.2 Å². The molecule has 0 radical (unpaired) electrons. The maximum Gasteiger partial charge on any atom is 0.341 e. The van der Waals surface area contributed by atoms with Gasteiger partial charge in [-0.25, -0.2) is 13.6 Å². The summed E-state index contributed by atoms with van der Waals surface area (Å²) in [5.41, 5.74) is 3.57. The van der Waals surface area contributed by atoms with Crippen molar-refractivity contribution in [1.82, 2.24) is 14.8 Å². The fourth-order valence-electron chi connectivity index (χ4n) is 4.21. The first-order valence-electron chi connectivity index (χ1n) is 9.92. The van der Waals surface area contributed by atoms with E-state index in [2.05, 4.69) is 5.32 Å². The molecule has 0 spiro atoms. The third-order valence-corrected chi connectivity index (χ3v) is 5.69. The summed E-state index contributed by atoms with van der Waals surface area (Å²) in [5, 5.41) is 12.3. The van der Waals surface area contributed by atoms with Crippen molar-refractivity contribution in [1.29, 1.82) is 0 Å². The number of nitrogens with one attached hydrogen (secondary N) is 1. The second-order valence-corrected chi connectivity index (χ2v) is 8.29. The monoisotopic (exact) mass is 421 g/mol. The number of hydrogen-bond acceptors (Lipinski definition) is 6. The Morgan fingerprint density at radius 1 is 1.33 bits per heavy atom. The number of halogens is 2. The van der Waals surface area contributed by atoms with Crippen LogP contribution in [-0.2, 0) is 0 Å². The number of carboxylic acids is 1. The summed E-state index contributed by atoms with van der Waals surface area (Å²) in [6.45, 7) is 1.99. The third kappa shape index (κ3) is 3.39. The minimum atomic E-state index is -1.45. The van der Waals surface area contributed by atoms with Crippen LogP contribution in [0.5, 0.6) is 0 Å². The average molecular weight is 421 g/mol. The van der Waals surface area contributed by atoms with Crippen molar-refractivity contribution in [2.75, 3.05) is 50.9 Å². The molecule has 2 aromatic rings. The van der Waals surface area contributed by atoms with Crippen molar-refractivity contribution in [2.24, 2.45) is 0 Å². The van der Waals surface area contributed by atoms with Gasteiger partial charge in [0.25, 0.3) is 0 Å². The number of aromatic carboxylic acids is 1. The Morgan fingerprint density at radius 3 is 2.63 bits per heavy atom. The molecule has 1 saturated heterocycles. The van der Waals surface area contributed by atoms with Gasteiger partial charge in [0, 0.05) is 44.5 Å². The number of hydrogen-bond donors (Lipinski definition) is 3. The van der Waals surface area contributed by atoms with E-state index in [-0.39, 0.29) is 23.3 Å². The highest BCUT2D eigenvalue weighted by Crippen LogP contribution is 2.41. The van der Waals surface area contributed by atoms with Gasteiger partial charge in [-0.3, -0.25) is 4.79 Å². The van der Waals surface area contributed by atoms with Crippen molar-refractivity contribution < 1.29 is 18.7 Å². The molecule has 2 aliphatic rings. The first-order chi connectivity index (χ1) is 14.2. The largest absolute Gasteiger partial charge is 0.477 e. The van der Waals surface area contributed by atoms with Gasteiger partial charge in [0.15, 0.2) is 11.6 Å². The van der Waals surface area contributed by atoms with E-state index in [4.69, 9.17) is 5.73 Å². The van der Waals surface area contributed by atoms with E-state index in [0.717, 1.165) is 19.0 Å². The number of piperazine rings is 1. The fraction of sp³-hybridized carbons (Fsp3) is 0.500. The molecule has 0 amide bonds. The lowest BCUT2D eigenvalue weighted by Crippen LogP contribution is -2.54. The standard InChI is InChI=1S/C20H25F2N5O3/c1-25(2)7-10-8-26(6-5-24-10)18-14(21)16(23)13-17(15(18)22)27(11-3-4-11)9-12(19(13)28)20(29)30/h9-11,24H,3-8,23H2,1-2H3,(H,29,30). The molecule has 4 N–H and O–H groups in total. The van der Waals surface area contributed by atoms with Gasteiger partial charge in [-0.2, -0.15) is 0 Å². The van der Waals surface area contributed by atoms with Gasteiger partial charge in [-0.05, 0) is 26.9 Å². The quantitative estimate of drug-likeness (QED) is 0.624. The number of nitrogens with zero attached hydrogens (tertiary/aromatic N) is 3. The number of nitrogen functional groups attached to an aromatic ring is 1. The first-order valence-corrected chi connectivity index (χ1v) is 9.92. The van der Waals surface area contributed by atoms with Crippen LogP contribution in [0.1, 0.15) is 29.2 Å². The van der Waals surface area contributed by atoms with E-state index in [1.54, 1.807) is 4.90 Å². The molecular formula is C20H25F2N5O3. The molecule has 1 atom stereocenters. The topological polar surface area (TPSA) is 104 Å². The number of fused-ring (bicyclic) bond motifs is 1. The van der Waals surface area contributed by atoms with Gasteiger partial charge in [0.1, 0.15) is 11.3 Å². The van der Waals surface area contributed by atoms with E-state index in [1.165, 1.54) is 4.57 Å². The lowest BCUT2D eigenvalue weighted by molar-refractivity contribution is 0.0695. The molecule has 8 nitrogen and oxygen atoms in total. The number of carboxylic acid groups (broad SMARTS) is 1. The van der Waals surface area contributed by atoms with Gasteiger partial charge in [0.05, 0.1) is 16.6 Å². The van der Waals surface area contributed by atoms with Gasteiger partial charge < -0.3 is 30.5 Å². The summed E-state index contributed by atoms with van der Waals surface area (Å²) in [6, 6.07) is -0.132. The predicted octanol–water partition coefficient (Wildman–Crippen LogP) is 1.23. The van der Waals surface area contributed by atoms with Gasteiger partial charge in [-0.15, -0.1) is 0 Å². The molecule has 2 fully saturated rings. The molecule has 1 aromatic heterocycles. The summed E-state index contributed by atoms with van der Waals surface area (Å²) in [4.78, 5) is 27.8. The van der Waals surface area contributed by atoms with Gasteiger partial charge >= 0.3 is 5.97 Å². The van der Waals surface area contributed by atoms with Crippen LogP contribution in [0, 0.1) is 11.6 Å². The predicted molar refractivity (Wildman–Crippen MR) is 110 cm³/mol. The zero-order chi connectivity index (χ0) is 21.7. The average Bonchev–Trinajstić information content (AvgIpc) is 3.50. The summed E-state index contributed by atoms with van der Waals surface area (Å²) < 4.78 is 32.5. The second-order valence-electron chi connectivity index (χ2n) is 8.29. The third-order valence-electron chi connectivity index (χ3n) is 5.69.